The molecule has 30 heavy (non-hydrogen) atoms. The van der Waals surface area contributed by atoms with Crippen molar-refractivity contribution in [1.82, 2.24) is 14.9 Å². The van der Waals surface area contributed by atoms with Gasteiger partial charge in [0.25, 0.3) is 0 Å². The van der Waals surface area contributed by atoms with E-state index in [1.165, 1.54) is 17.5 Å². The Balaban J connectivity index is 1.35. The third kappa shape index (κ3) is 3.69. The Morgan fingerprint density at radius 1 is 1.07 bits per heavy atom. The normalized spacial score (nSPS) is 20.6. The second-order valence-electron chi connectivity index (χ2n) is 8.69. The molecule has 5 nitrogen and oxygen atoms in total. The molecular weight excluding hydrogens is 392 g/mol. The topological polar surface area (TPSA) is 49.3 Å². The minimum atomic E-state index is 0.153. The summed E-state index contributed by atoms with van der Waals surface area (Å²) in [6.45, 7) is 5.87. The fraction of sp³-hybridized carbons (Fsp3) is 0.458. The predicted octanol–water partition coefficient (Wildman–Crippen LogP) is 4.83. The number of anilines is 1. The molecule has 3 aromatic rings. The number of piperidine rings is 2. The van der Waals surface area contributed by atoms with E-state index in [0.29, 0.717) is 11.8 Å². The first-order valence-electron chi connectivity index (χ1n) is 11.0. The number of carbonyl (C=O) groups excluding carboxylic acids is 1. The maximum Gasteiger partial charge on any atom is 0.225 e. The van der Waals surface area contributed by atoms with E-state index in [4.69, 9.17) is 0 Å². The summed E-state index contributed by atoms with van der Waals surface area (Å²) in [5.74, 6) is 2.17. The third-order valence-corrected chi connectivity index (χ3v) is 7.43. The molecule has 2 saturated heterocycles. The minimum Gasteiger partial charge on any atom is -0.356 e. The molecule has 0 radical (unpaired) electrons. The lowest BCUT2D eigenvalue weighted by Crippen LogP contribution is -2.46. The largest absolute Gasteiger partial charge is 0.356 e. The molecular formula is C24H28N4OS. The molecule has 2 aromatic heterocycles. The van der Waals surface area contributed by atoms with Crippen molar-refractivity contribution in [1.29, 1.82) is 0 Å². The molecule has 1 amide bonds. The van der Waals surface area contributed by atoms with Crippen molar-refractivity contribution in [3.05, 3.63) is 42.0 Å². The molecule has 6 heteroatoms. The Labute approximate surface area is 181 Å². The van der Waals surface area contributed by atoms with Gasteiger partial charge in [-0.1, -0.05) is 37.3 Å². The van der Waals surface area contributed by atoms with Crippen LogP contribution < -0.4 is 4.90 Å². The lowest BCUT2D eigenvalue weighted by Gasteiger charge is -2.37. The zero-order valence-corrected chi connectivity index (χ0v) is 18.3. The van der Waals surface area contributed by atoms with Gasteiger partial charge in [-0.3, -0.25) is 4.79 Å². The van der Waals surface area contributed by atoms with Crippen LogP contribution in [0.3, 0.4) is 0 Å². The molecule has 0 saturated carbocycles. The van der Waals surface area contributed by atoms with Crippen LogP contribution in [0.1, 0.15) is 32.6 Å². The lowest BCUT2D eigenvalue weighted by molar-refractivity contribution is -0.137. The summed E-state index contributed by atoms with van der Waals surface area (Å²) >= 11 is 1.67. The Kier molecular flexibility index (Phi) is 5.42. The van der Waals surface area contributed by atoms with Crippen LogP contribution in [0.25, 0.3) is 21.3 Å². The molecule has 0 bridgehead atoms. The highest BCUT2D eigenvalue weighted by Gasteiger charge is 2.31. The first-order valence-corrected chi connectivity index (χ1v) is 11.9. The van der Waals surface area contributed by atoms with Crippen LogP contribution in [0.5, 0.6) is 0 Å². The van der Waals surface area contributed by atoms with Gasteiger partial charge in [0.05, 0.1) is 5.39 Å². The molecule has 2 aliphatic heterocycles. The fourth-order valence-corrected chi connectivity index (χ4v) is 5.83. The Bertz CT molecular complexity index is 1030. The van der Waals surface area contributed by atoms with E-state index in [9.17, 15) is 4.79 Å². The number of fused-ring (bicyclic) bond motifs is 1. The van der Waals surface area contributed by atoms with Crippen molar-refractivity contribution in [3.8, 4) is 11.1 Å². The van der Waals surface area contributed by atoms with E-state index < -0.39 is 0 Å². The minimum absolute atomic E-state index is 0.153. The number of thiophene rings is 1. The maximum atomic E-state index is 13.0. The molecule has 0 aliphatic carbocycles. The number of carbonyl (C=O) groups is 1. The average molecular weight is 421 g/mol. The number of benzene rings is 1. The molecule has 1 aromatic carbocycles. The van der Waals surface area contributed by atoms with Gasteiger partial charge in [0.2, 0.25) is 5.91 Å². The first-order chi connectivity index (χ1) is 14.7. The van der Waals surface area contributed by atoms with Gasteiger partial charge < -0.3 is 9.80 Å². The van der Waals surface area contributed by atoms with Crippen molar-refractivity contribution >= 4 is 33.3 Å². The Hall–Kier alpha value is -2.47. The van der Waals surface area contributed by atoms with Crippen molar-refractivity contribution < 1.29 is 4.79 Å². The third-order valence-electron chi connectivity index (χ3n) is 6.55. The van der Waals surface area contributed by atoms with Crippen molar-refractivity contribution in [2.24, 2.45) is 11.8 Å². The molecule has 0 spiro atoms. The van der Waals surface area contributed by atoms with E-state index in [1.54, 1.807) is 17.7 Å². The zero-order valence-electron chi connectivity index (χ0n) is 17.5. The number of amides is 1. The Morgan fingerprint density at radius 2 is 1.87 bits per heavy atom. The quantitative estimate of drug-likeness (QED) is 0.609. The van der Waals surface area contributed by atoms with Gasteiger partial charge in [0.1, 0.15) is 17.0 Å². The van der Waals surface area contributed by atoms with Gasteiger partial charge in [-0.25, -0.2) is 9.97 Å². The number of hydrogen-bond donors (Lipinski definition) is 0. The summed E-state index contributed by atoms with van der Waals surface area (Å²) in [7, 11) is 0. The highest BCUT2D eigenvalue weighted by molar-refractivity contribution is 7.17. The number of likely N-dealkylation sites (tertiary alicyclic amines) is 1. The molecule has 2 aliphatic rings. The number of aromatic nitrogens is 2. The van der Waals surface area contributed by atoms with E-state index in [1.807, 2.05) is 6.07 Å². The van der Waals surface area contributed by atoms with Gasteiger partial charge in [-0.15, -0.1) is 11.3 Å². The monoisotopic (exact) mass is 420 g/mol. The van der Waals surface area contributed by atoms with E-state index in [0.717, 1.165) is 61.5 Å². The summed E-state index contributed by atoms with van der Waals surface area (Å²) in [5.41, 5.74) is 2.40. The molecule has 156 valence electrons. The van der Waals surface area contributed by atoms with Crippen LogP contribution in [0.4, 0.5) is 5.82 Å². The summed E-state index contributed by atoms with van der Waals surface area (Å²) in [6.07, 6.45) is 5.87. The van der Waals surface area contributed by atoms with Crippen LogP contribution in [0, 0.1) is 11.8 Å². The molecule has 4 heterocycles. The van der Waals surface area contributed by atoms with Crippen LogP contribution >= 0.6 is 11.3 Å². The van der Waals surface area contributed by atoms with Gasteiger partial charge >= 0.3 is 0 Å². The number of nitrogens with zero attached hydrogens (tertiary/aromatic N) is 4. The second kappa shape index (κ2) is 8.34. The van der Waals surface area contributed by atoms with E-state index in [-0.39, 0.29) is 5.92 Å². The SMILES string of the molecule is CC1CCCN(C(=O)C2CCN(c3ncnc4scc(-c5ccccc5)c34)CC2)C1. The summed E-state index contributed by atoms with van der Waals surface area (Å²) in [6, 6.07) is 10.5. The van der Waals surface area contributed by atoms with E-state index >= 15 is 0 Å². The summed E-state index contributed by atoms with van der Waals surface area (Å²) < 4.78 is 0. The van der Waals surface area contributed by atoms with Crippen molar-refractivity contribution in [2.75, 3.05) is 31.1 Å². The van der Waals surface area contributed by atoms with Gasteiger partial charge in [-0.05, 0) is 37.2 Å². The summed E-state index contributed by atoms with van der Waals surface area (Å²) in [4.78, 5) is 27.7. The molecule has 0 N–H and O–H groups in total. The highest BCUT2D eigenvalue weighted by Crippen LogP contribution is 2.38. The molecule has 2 fully saturated rings. The number of rotatable bonds is 3. The van der Waals surface area contributed by atoms with Crippen LogP contribution in [-0.4, -0.2) is 47.0 Å². The molecule has 1 unspecified atom stereocenters. The van der Waals surface area contributed by atoms with Gasteiger partial charge in [0.15, 0.2) is 0 Å². The van der Waals surface area contributed by atoms with Crippen molar-refractivity contribution in [2.45, 2.75) is 32.6 Å². The lowest BCUT2D eigenvalue weighted by atomic mass is 9.92. The van der Waals surface area contributed by atoms with Crippen LogP contribution in [0.15, 0.2) is 42.0 Å². The smallest absolute Gasteiger partial charge is 0.225 e. The average Bonchev–Trinajstić information content (AvgIpc) is 3.24. The van der Waals surface area contributed by atoms with Crippen LogP contribution in [-0.2, 0) is 4.79 Å². The van der Waals surface area contributed by atoms with Crippen LogP contribution in [0.2, 0.25) is 0 Å². The molecule has 5 rings (SSSR count). The maximum absolute atomic E-state index is 13.0. The second-order valence-corrected chi connectivity index (χ2v) is 9.54. The first kappa shape index (κ1) is 19.5. The standard InChI is InChI=1S/C24H28N4OS/c1-17-6-5-11-28(14-17)24(29)19-9-12-27(13-10-19)22-21-20(18-7-3-2-4-8-18)15-30-23(21)26-16-25-22/h2-4,7-8,15-17,19H,5-6,9-14H2,1H3. The van der Waals surface area contributed by atoms with E-state index in [2.05, 4.69) is 56.3 Å². The highest BCUT2D eigenvalue weighted by atomic mass is 32.1. The zero-order chi connectivity index (χ0) is 20.5. The van der Waals surface area contributed by atoms with Gasteiger partial charge in [-0.2, -0.15) is 0 Å². The molecule has 1 atom stereocenters. The van der Waals surface area contributed by atoms with Crippen molar-refractivity contribution in [3.63, 3.8) is 0 Å². The number of hydrogen-bond acceptors (Lipinski definition) is 5. The Morgan fingerprint density at radius 3 is 2.63 bits per heavy atom. The van der Waals surface area contributed by atoms with Gasteiger partial charge in [0, 0.05) is 43.0 Å². The fourth-order valence-electron chi connectivity index (χ4n) is 4.92. The predicted molar refractivity (Wildman–Crippen MR) is 123 cm³/mol. The summed E-state index contributed by atoms with van der Waals surface area (Å²) in [5, 5.41) is 3.33.